The fourth-order valence-electron chi connectivity index (χ4n) is 4.04. The number of rotatable bonds is 9. The number of aromatic nitrogens is 2. The molecule has 2 unspecified atom stereocenters. The number of benzene rings is 2. The molecule has 4 rings (SSSR count). The number of amides is 1. The van der Waals surface area contributed by atoms with Crippen molar-refractivity contribution in [2.75, 3.05) is 5.32 Å². The fourth-order valence-corrected chi connectivity index (χ4v) is 4.04. The molecule has 0 aliphatic carbocycles. The Bertz CT molecular complexity index is 1350. The minimum atomic E-state index is -1.04. The first kappa shape index (κ1) is 24.0. The fraction of sp³-hybridized carbons (Fsp3) is 0.250. The molecule has 3 N–H and O–H groups in total. The molecule has 2 atom stereocenters. The standard InChI is InChI=1S/C28H30N4O3/c1-4-19(3)24(28(34)35)31-27(33)22-13-14-32-23(16-22)30-25(21-12-8-9-18(2)15-21)26(32)29-17-20-10-6-5-7-11-20/h5-16,19,24,29H,4,17H2,1-3H3,(H,31,33)(H,34,35). The van der Waals surface area contributed by atoms with Crippen LogP contribution in [0.2, 0.25) is 0 Å². The molecule has 7 heteroatoms. The molecule has 2 heterocycles. The van der Waals surface area contributed by atoms with Gasteiger partial charge in [0.15, 0.2) is 0 Å². The molecule has 1 amide bonds. The predicted octanol–water partition coefficient (Wildman–Crippen LogP) is 5.15. The van der Waals surface area contributed by atoms with Gasteiger partial charge in [-0.25, -0.2) is 9.78 Å². The number of carbonyl (C=O) groups is 2. The van der Waals surface area contributed by atoms with Gasteiger partial charge in [0.2, 0.25) is 0 Å². The van der Waals surface area contributed by atoms with Crippen molar-refractivity contribution in [3.63, 3.8) is 0 Å². The molecule has 0 fully saturated rings. The third-order valence-electron chi connectivity index (χ3n) is 6.25. The smallest absolute Gasteiger partial charge is 0.326 e. The molecular weight excluding hydrogens is 440 g/mol. The first-order chi connectivity index (χ1) is 16.9. The molecule has 0 saturated heterocycles. The van der Waals surface area contributed by atoms with Crippen LogP contribution >= 0.6 is 0 Å². The number of carboxylic acid groups (broad SMARTS) is 1. The molecule has 2 aromatic heterocycles. The molecule has 180 valence electrons. The van der Waals surface area contributed by atoms with Gasteiger partial charge in [0, 0.05) is 23.9 Å². The van der Waals surface area contributed by atoms with Crippen LogP contribution in [0.4, 0.5) is 5.82 Å². The number of imidazole rings is 1. The molecule has 2 aromatic carbocycles. The Kier molecular flexibility index (Phi) is 7.15. The lowest BCUT2D eigenvalue weighted by atomic mass is 9.99. The van der Waals surface area contributed by atoms with Crippen molar-refractivity contribution >= 4 is 23.3 Å². The van der Waals surface area contributed by atoms with Crippen LogP contribution in [-0.2, 0) is 11.3 Å². The first-order valence-corrected chi connectivity index (χ1v) is 11.8. The van der Waals surface area contributed by atoms with Crippen LogP contribution in [0.5, 0.6) is 0 Å². The summed E-state index contributed by atoms with van der Waals surface area (Å²) in [6.07, 6.45) is 2.44. The van der Waals surface area contributed by atoms with Gasteiger partial charge in [-0.15, -0.1) is 0 Å². The molecule has 0 spiro atoms. The van der Waals surface area contributed by atoms with E-state index in [1.54, 1.807) is 18.3 Å². The van der Waals surface area contributed by atoms with Gasteiger partial charge in [-0.1, -0.05) is 74.4 Å². The van der Waals surface area contributed by atoms with Crippen LogP contribution in [0.3, 0.4) is 0 Å². The lowest BCUT2D eigenvalue weighted by molar-refractivity contribution is -0.140. The molecule has 0 aliphatic rings. The summed E-state index contributed by atoms with van der Waals surface area (Å²) >= 11 is 0. The van der Waals surface area contributed by atoms with E-state index in [9.17, 15) is 14.7 Å². The second kappa shape index (κ2) is 10.4. The van der Waals surface area contributed by atoms with Crippen LogP contribution in [0.25, 0.3) is 16.9 Å². The number of fused-ring (bicyclic) bond motifs is 1. The minimum Gasteiger partial charge on any atom is -0.480 e. The van der Waals surface area contributed by atoms with Gasteiger partial charge in [0.1, 0.15) is 23.2 Å². The number of aryl methyl sites for hydroxylation is 1. The number of nitrogens with zero attached hydrogens (tertiary/aromatic N) is 2. The summed E-state index contributed by atoms with van der Waals surface area (Å²) in [6, 6.07) is 20.7. The maximum absolute atomic E-state index is 12.9. The minimum absolute atomic E-state index is 0.187. The Morgan fingerprint density at radius 2 is 1.83 bits per heavy atom. The Hall–Kier alpha value is -4.13. The lowest BCUT2D eigenvalue weighted by Gasteiger charge is -2.20. The van der Waals surface area contributed by atoms with E-state index in [2.05, 4.69) is 28.8 Å². The van der Waals surface area contributed by atoms with E-state index in [0.717, 1.165) is 28.2 Å². The number of carbonyl (C=O) groups excluding carboxylic acids is 1. The zero-order valence-corrected chi connectivity index (χ0v) is 20.2. The zero-order valence-electron chi connectivity index (χ0n) is 20.2. The maximum Gasteiger partial charge on any atom is 0.326 e. The Balaban J connectivity index is 1.71. The normalized spacial score (nSPS) is 12.8. The van der Waals surface area contributed by atoms with Crippen molar-refractivity contribution in [1.29, 1.82) is 0 Å². The van der Waals surface area contributed by atoms with E-state index in [-0.39, 0.29) is 5.92 Å². The van der Waals surface area contributed by atoms with Gasteiger partial charge in [0.05, 0.1) is 0 Å². The molecule has 0 bridgehead atoms. The van der Waals surface area contributed by atoms with Gasteiger partial charge < -0.3 is 15.7 Å². The molecule has 35 heavy (non-hydrogen) atoms. The van der Waals surface area contributed by atoms with Crippen molar-refractivity contribution in [2.24, 2.45) is 5.92 Å². The van der Waals surface area contributed by atoms with Gasteiger partial charge in [-0.05, 0) is 36.6 Å². The quantitative estimate of drug-likeness (QED) is 0.314. The van der Waals surface area contributed by atoms with Crippen LogP contribution in [0.1, 0.15) is 41.8 Å². The average Bonchev–Trinajstić information content (AvgIpc) is 3.23. The molecule has 0 aliphatic heterocycles. The Morgan fingerprint density at radius 3 is 2.51 bits per heavy atom. The number of hydrogen-bond acceptors (Lipinski definition) is 4. The Labute approximate surface area is 204 Å². The number of aliphatic carboxylic acids is 1. The van der Waals surface area contributed by atoms with Crippen LogP contribution < -0.4 is 10.6 Å². The van der Waals surface area contributed by atoms with Crippen molar-refractivity contribution < 1.29 is 14.7 Å². The highest BCUT2D eigenvalue weighted by Crippen LogP contribution is 2.30. The summed E-state index contributed by atoms with van der Waals surface area (Å²) in [5, 5.41) is 15.7. The van der Waals surface area contributed by atoms with Crippen LogP contribution in [0, 0.1) is 12.8 Å². The van der Waals surface area contributed by atoms with Crippen molar-refractivity contribution in [1.82, 2.24) is 14.7 Å². The summed E-state index contributed by atoms with van der Waals surface area (Å²) in [6.45, 7) is 6.37. The SMILES string of the molecule is CCC(C)C(NC(=O)c1ccn2c(NCc3ccccc3)c(-c3cccc(C)c3)nc2c1)C(=O)O. The zero-order chi connectivity index (χ0) is 24.9. The van der Waals surface area contributed by atoms with E-state index < -0.39 is 17.9 Å². The van der Waals surface area contributed by atoms with Gasteiger partial charge >= 0.3 is 5.97 Å². The number of hydrogen-bond donors (Lipinski definition) is 3. The van der Waals surface area contributed by atoms with Crippen molar-refractivity contribution in [3.8, 4) is 11.3 Å². The van der Waals surface area contributed by atoms with Gasteiger partial charge in [-0.2, -0.15) is 0 Å². The number of carboxylic acids is 1. The van der Waals surface area contributed by atoms with Crippen molar-refractivity contribution in [3.05, 3.63) is 89.6 Å². The summed E-state index contributed by atoms with van der Waals surface area (Å²) in [7, 11) is 0. The second-order valence-electron chi connectivity index (χ2n) is 8.84. The summed E-state index contributed by atoms with van der Waals surface area (Å²) in [5.74, 6) is -0.833. The van der Waals surface area contributed by atoms with Gasteiger partial charge in [0.25, 0.3) is 5.91 Å². The monoisotopic (exact) mass is 470 g/mol. The summed E-state index contributed by atoms with van der Waals surface area (Å²) in [5.41, 5.74) is 4.97. The third-order valence-corrected chi connectivity index (χ3v) is 6.25. The first-order valence-electron chi connectivity index (χ1n) is 11.8. The van der Waals surface area contributed by atoms with E-state index in [1.807, 2.05) is 61.6 Å². The molecule has 0 saturated carbocycles. The van der Waals surface area contributed by atoms with E-state index >= 15 is 0 Å². The number of anilines is 1. The summed E-state index contributed by atoms with van der Waals surface area (Å²) < 4.78 is 1.92. The van der Waals surface area contributed by atoms with E-state index in [1.165, 1.54) is 0 Å². The van der Waals surface area contributed by atoms with Gasteiger partial charge in [-0.3, -0.25) is 9.20 Å². The van der Waals surface area contributed by atoms with E-state index in [4.69, 9.17) is 4.98 Å². The number of nitrogens with one attached hydrogen (secondary N) is 2. The van der Waals surface area contributed by atoms with E-state index in [0.29, 0.717) is 24.2 Å². The maximum atomic E-state index is 12.9. The third kappa shape index (κ3) is 5.35. The summed E-state index contributed by atoms with van der Waals surface area (Å²) in [4.78, 5) is 29.4. The molecule has 7 nitrogen and oxygen atoms in total. The van der Waals surface area contributed by atoms with Crippen LogP contribution in [0.15, 0.2) is 72.9 Å². The highest BCUT2D eigenvalue weighted by molar-refractivity contribution is 5.97. The predicted molar refractivity (Wildman–Crippen MR) is 137 cm³/mol. The molecule has 0 radical (unpaired) electrons. The second-order valence-corrected chi connectivity index (χ2v) is 8.84. The van der Waals surface area contributed by atoms with Crippen LogP contribution in [-0.4, -0.2) is 32.4 Å². The highest BCUT2D eigenvalue weighted by atomic mass is 16.4. The topological polar surface area (TPSA) is 95.7 Å². The average molecular weight is 471 g/mol. The van der Waals surface area contributed by atoms with Crippen molar-refractivity contribution in [2.45, 2.75) is 39.8 Å². The molecule has 4 aromatic rings. The molecular formula is C28H30N4O3. The number of pyridine rings is 1. The lowest BCUT2D eigenvalue weighted by Crippen LogP contribution is -2.45. The highest BCUT2D eigenvalue weighted by Gasteiger charge is 2.26. The Morgan fingerprint density at radius 1 is 1.06 bits per heavy atom. The largest absolute Gasteiger partial charge is 0.480 e.